The van der Waals surface area contributed by atoms with E-state index in [4.69, 9.17) is 4.74 Å². The highest BCUT2D eigenvalue weighted by Gasteiger charge is 2.45. The maximum Gasteiger partial charge on any atom is 0.183 e. The lowest BCUT2D eigenvalue weighted by Gasteiger charge is -2.20. The Morgan fingerprint density at radius 1 is 1.04 bits per heavy atom. The summed E-state index contributed by atoms with van der Waals surface area (Å²) in [6.07, 6.45) is 0. The summed E-state index contributed by atoms with van der Waals surface area (Å²) in [5.41, 5.74) is 2.11. The van der Waals surface area contributed by atoms with E-state index in [1.165, 1.54) is 12.1 Å². The van der Waals surface area contributed by atoms with Gasteiger partial charge in [0.25, 0.3) is 0 Å². The third-order valence-corrected chi connectivity index (χ3v) is 9.02. The predicted octanol–water partition coefficient (Wildman–Crippen LogP) is 2.12. The van der Waals surface area contributed by atoms with E-state index < -0.39 is 31.0 Å². The largest absolute Gasteiger partial charge is 0.494 e. The first-order chi connectivity index (χ1) is 13.2. The third kappa shape index (κ3) is 4.74. The summed E-state index contributed by atoms with van der Waals surface area (Å²) >= 11 is 0. The SMILES string of the molecule is CCOc1ccc(S(=O)(=O)[C@@H]2CS(=O)(=O)C[C@H]2NCc2ccc(C)cc2)cc1. The molecule has 1 saturated heterocycles. The van der Waals surface area contributed by atoms with Crippen molar-refractivity contribution in [3.63, 3.8) is 0 Å². The molecule has 152 valence electrons. The quantitative estimate of drug-likeness (QED) is 0.734. The second-order valence-corrected chi connectivity index (χ2v) is 11.4. The Hall–Kier alpha value is -1.90. The van der Waals surface area contributed by atoms with Crippen molar-refractivity contribution in [2.75, 3.05) is 18.1 Å². The van der Waals surface area contributed by atoms with Crippen LogP contribution >= 0.6 is 0 Å². The maximum absolute atomic E-state index is 13.1. The Morgan fingerprint density at radius 2 is 1.68 bits per heavy atom. The highest BCUT2D eigenvalue weighted by atomic mass is 32.2. The van der Waals surface area contributed by atoms with Crippen molar-refractivity contribution < 1.29 is 21.6 Å². The van der Waals surface area contributed by atoms with E-state index in [0.717, 1.165) is 11.1 Å². The van der Waals surface area contributed by atoms with Crippen LogP contribution in [0, 0.1) is 6.92 Å². The number of ether oxygens (including phenoxy) is 1. The Labute approximate surface area is 166 Å². The molecule has 1 fully saturated rings. The van der Waals surface area contributed by atoms with Gasteiger partial charge in [0.2, 0.25) is 0 Å². The van der Waals surface area contributed by atoms with Crippen LogP contribution in [0.15, 0.2) is 53.4 Å². The minimum absolute atomic E-state index is 0.111. The van der Waals surface area contributed by atoms with Gasteiger partial charge >= 0.3 is 0 Å². The summed E-state index contributed by atoms with van der Waals surface area (Å²) in [6.45, 7) is 4.73. The van der Waals surface area contributed by atoms with Gasteiger partial charge in [0.1, 0.15) is 5.75 Å². The van der Waals surface area contributed by atoms with Gasteiger partial charge in [-0.1, -0.05) is 29.8 Å². The molecule has 0 unspecified atom stereocenters. The lowest BCUT2D eigenvalue weighted by molar-refractivity contribution is 0.340. The first kappa shape index (κ1) is 20.8. The molecule has 2 aromatic carbocycles. The molecule has 0 aliphatic carbocycles. The first-order valence-corrected chi connectivity index (χ1v) is 12.5. The zero-order chi connectivity index (χ0) is 20.4. The molecular formula is C20H25NO5S2. The van der Waals surface area contributed by atoms with Gasteiger partial charge < -0.3 is 10.1 Å². The molecular weight excluding hydrogens is 398 g/mol. The van der Waals surface area contributed by atoms with Crippen LogP contribution in [0.5, 0.6) is 5.75 Å². The molecule has 8 heteroatoms. The monoisotopic (exact) mass is 423 g/mol. The number of hydrogen-bond acceptors (Lipinski definition) is 6. The van der Waals surface area contributed by atoms with E-state index in [9.17, 15) is 16.8 Å². The van der Waals surface area contributed by atoms with Crippen molar-refractivity contribution in [2.45, 2.75) is 36.6 Å². The van der Waals surface area contributed by atoms with E-state index in [2.05, 4.69) is 5.32 Å². The van der Waals surface area contributed by atoms with Crippen LogP contribution in [0.25, 0.3) is 0 Å². The number of nitrogens with one attached hydrogen (secondary N) is 1. The lowest BCUT2D eigenvalue weighted by atomic mass is 10.1. The molecule has 28 heavy (non-hydrogen) atoms. The number of sulfone groups is 2. The maximum atomic E-state index is 13.1. The molecule has 0 radical (unpaired) electrons. The number of aryl methyl sites for hydroxylation is 1. The molecule has 3 rings (SSSR count). The number of hydrogen-bond donors (Lipinski definition) is 1. The van der Waals surface area contributed by atoms with Gasteiger partial charge in [-0.2, -0.15) is 0 Å². The van der Waals surface area contributed by atoms with Crippen molar-refractivity contribution in [3.8, 4) is 5.75 Å². The molecule has 2 atom stereocenters. The van der Waals surface area contributed by atoms with E-state index in [0.29, 0.717) is 18.9 Å². The van der Waals surface area contributed by atoms with Gasteiger partial charge in [0.05, 0.1) is 28.3 Å². The molecule has 2 aromatic rings. The van der Waals surface area contributed by atoms with Crippen molar-refractivity contribution in [2.24, 2.45) is 0 Å². The molecule has 0 spiro atoms. The van der Waals surface area contributed by atoms with Crippen LogP contribution in [0.1, 0.15) is 18.1 Å². The Bertz CT molecular complexity index is 1010. The third-order valence-electron chi connectivity index (χ3n) is 4.85. The zero-order valence-electron chi connectivity index (χ0n) is 16.0. The molecule has 0 aromatic heterocycles. The zero-order valence-corrected chi connectivity index (χ0v) is 17.6. The Kier molecular flexibility index (Phi) is 6.12. The summed E-state index contributed by atoms with van der Waals surface area (Å²) in [7, 11) is -7.23. The fourth-order valence-electron chi connectivity index (χ4n) is 3.33. The van der Waals surface area contributed by atoms with Crippen molar-refractivity contribution in [1.29, 1.82) is 0 Å². The molecule has 1 heterocycles. The minimum Gasteiger partial charge on any atom is -0.494 e. The van der Waals surface area contributed by atoms with Gasteiger partial charge in [-0.3, -0.25) is 0 Å². The van der Waals surface area contributed by atoms with Gasteiger partial charge in [0.15, 0.2) is 19.7 Å². The topological polar surface area (TPSA) is 89.5 Å². The lowest BCUT2D eigenvalue weighted by Crippen LogP contribution is -2.43. The molecule has 0 saturated carbocycles. The highest BCUT2D eigenvalue weighted by Crippen LogP contribution is 2.27. The van der Waals surface area contributed by atoms with E-state index in [1.807, 2.05) is 38.1 Å². The van der Waals surface area contributed by atoms with Crippen LogP contribution < -0.4 is 10.1 Å². The molecule has 1 aliphatic heterocycles. The van der Waals surface area contributed by atoms with E-state index in [-0.39, 0.29) is 16.4 Å². The second kappa shape index (κ2) is 8.23. The van der Waals surface area contributed by atoms with Crippen molar-refractivity contribution in [3.05, 3.63) is 59.7 Å². The molecule has 1 aliphatic rings. The van der Waals surface area contributed by atoms with Gasteiger partial charge in [-0.15, -0.1) is 0 Å². The van der Waals surface area contributed by atoms with Crippen LogP contribution in [0.2, 0.25) is 0 Å². The predicted molar refractivity (Wildman–Crippen MR) is 109 cm³/mol. The molecule has 1 N–H and O–H groups in total. The summed E-state index contributed by atoms with van der Waals surface area (Å²) < 4.78 is 56.0. The van der Waals surface area contributed by atoms with Gasteiger partial charge in [0, 0.05) is 12.6 Å². The fraction of sp³-hybridized carbons (Fsp3) is 0.400. The highest BCUT2D eigenvalue weighted by molar-refractivity contribution is 7.96. The molecule has 6 nitrogen and oxygen atoms in total. The van der Waals surface area contributed by atoms with Gasteiger partial charge in [-0.25, -0.2) is 16.8 Å². The smallest absolute Gasteiger partial charge is 0.183 e. The second-order valence-electron chi connectivity index (χ2n) is 7.04. The summed E-state index contributed by atoms with van der Waals surface area (Å²) in [5, 5.41) is 2.13. The van der Waals surface area contributed by atoms with E-state index in [1.54, 1.807) is 12.1 Å². The Balaban J connectivity index is 1.81. The van der Waals surface area contributed by atoms with Crippen molar-refractivity contribution in [1.82, 2.24) is 5.32 Å². The minimum atomic E-state index is -3.80. The average Bonchev–Trinajstić information content (AvgIpc) is 2.97. The first-order valence-electron chi connectivity index (χ1n) is 9.17. The number of rotatable bonds is 7. The molecule has 0 bridgehead atoms. The van der Waals surface area contributed by atoms with Crippen LogP contribution in [-0.2, 0) is 26.2 Å². The summed E-state index contributed by atoms with van der Waals surface area (Å²) in [4.78, 5) is 0.111. The number of benzene rings is 2. The normalized spacial score (nSPS) is 21.5. The van der Waals surface area contributed by atoms with Crippen LogP contribution in [-0.4, -0.2) is 46.2 Å². The fourth-order valence-corrected chi connectivity index (χ4v) is 8.05. The van der Waals surface area contributed by atoms with E-state index >= 15 is 0 Å². The summed E-state index contributed by atoms with van der Waals surface area (Å²) in [6, 6.07) is 13.3. The molecule has 0 amide bonds. The van der Waals surface area contributed by atoms with Crippen LogP contribution in [0.3, 0.4) is 0 Å². The average molecular weight is 424 g/mol. The summed E-state index contributed by atoms with van der Waals surface area (Å²) in [5.74, 6) is 0.0306. The van der Waals surface area contributed by atoms with Crippen molar-refractivity contribution >= 4 is 19.7 Å². The van der Waals surface area contributed by atoms with Gasteiger partial charge in [-0.05, 0) is 43.7 Å². The standard InChI is InChI=1S/C20H25NO5S2/c1-3-26-17-8-10-18(11-9-17)28(24,25)20-14-27(22,23)13-19(20)21-12-16-6-4-15(2)5-7-16/h4-11,19-21H,3,12-14H2,1-2H3/t19-,20-/m1/s1. The van der Waals surface area contributed by atoms with Crippen LogP contribution in [0.4, 0.5) is 0 Å². The Morgan fingerprint density at radius 3 is 2.29 bits per heavy atom.